The monoisotopic (exact) mass is 1470 g/mol. The molecule has 0 aromatic carbocycles. The molecule has 19 heteroatoms. The molecular weight excluding hydrogens is 1310 g/mol. The Labute approximate surface area is 613 Å². The number of carbonyl (C=O) groups excluding carboxylic acids is 4. The van der Waals surface area contributed by atoms with Gasteiger partial charge in [0.25, 0.3) is 0 Å². The van der Waals surface area contributed by atoms with Crippen molar-refractivity contribution in [1.82, 2.24) is 0 Å². The fourth-order valence-corrected chi connectivity index (χ4v) is 14.2. The van der Waals surface area contributed by atoms with Crippen LogP contribution in [0, 0.1) is 5.92 Å². The highest BCUT2D eigenvalue weighted by Crippen LogP contribution is 2.45. The molecule has 0 fully saturated rings. The number of aliphatic hydroxyl groups is 1. The maximum absolute atomic E-state index is 13.1. The molecule has 0 bridgehead atoms. The quantitative estimate of drug-likeness (QED) is 0.0222. The van der Waals surface area contributed by atoms with Crippen LogP contribution in [0.4, 0.5) is 0 Å². The molecule has 17 nitrogen and oxygen atoms in total. The van der Waals surface area contributed by atoms with Gasteiger partial charge in [-0.15, -0.1) is 0 Å². The van der Waals surface area contributed by atoms with Crippen LogP contribution in [0.15, 0.2) is 0 Å². The summed E-state index contributed by atoms with van der Waals surface area (Å²) in [5.74, 6) is -1.35. The van der Waals surface area contributed by atoms with Gasteiger partial charge in [0.2, 0.25) is 0 Å². The van der Waals surface area contributed by atoms with E-state index in [0.29, 0.717) is 25.7 Å². The molecule has 100 heavy (non-hydrogen) atoms. The fraction of sp³-hybridized carbons (Fsp3) is 0.951. The molecule has 0 aromatic rings. The summed E-state index contributed by atoms with van der Waals surface area (Å²) in [5.41, 5.74) is 0. The summed E-state index contributed by atoms with van der Waals surface area (Å²) < 4.78 is 68.7. The van der Waals surface area contributed by atoms with Gasteiger partial charge in [-0.1, -0.05) is 381 Å². The van der Waals surface area contributed by atoms with Gasteiger partial charge < -0.3 is 33.8 Å². The van der Waals surface area contributed by atoms with Crippen LogP contribution in [-0.4, -0.2) is 96.7 Å². The zero-order valence-electron chi connectivity index (χ0n) is 65.3. The van der Waals surface area contributed by atoms with Gasteiger partial charge in [-0.2, -0.15) is 0 Å². The molecule has 0 radical (unpaired) electrons. The summed E-state index contributed by atoms with van der Waals surface area (Å²) in [6.07, 6.45) is 65.1. The SMILES string of the molecule is CCCCCCCCCCCCCCCCCCCCCCC(=O)O[C@H](COC(=O)CCCCCCCCCCCCCCCCC)COP(=O)(O)OC[C@@H](O)COP(=O)(O)OC[C@@H](COC(=O)CCCCCCCCCCCCCC)OC(=O)CCCCCCCCCCCCC(C)C. The molecular formula is C81H158O17P2. The normalized spacial score (nSPS) is 13.8. The van der Waals surface area contributed by atoms with E-state index in [0.717, 1.165) is 95.8 Å². The third-order valence-electron chi connectivity index (χ3n) is 19.0. The van der Waals surface area contributed by atoms with Crippen molar-refractivity contribution in [3.05, 3.63) is 0 Å². The zero-order valence-corrected chi connectivity index (χ0v) is 67.1. The van der Waals surface area contributed by atoms with Crippen molar-refractivity contribution in [3.8, 4) is 0 Å². The highest BCUT2D eigenvalue weighted by Gasteiger charge is 2.30. The topological polar surface area (TPSA) is 237 Å². The predicted molar refractivity (Wildman–Crippen MR) is 409 cm³/mol. The number of carbonyl (C=O) groups is 4. The first-order valence-corrected chi connectivity index (χ1v) is 45.1. The summed E-state index contributed by atoms with van der Waals surface area (Å²) in [6.45, 7) is 7.32. The number of hydrogen-bond acceptors (Lipinski definition) is 15. The van der Waals surface area contributed by atoms with E-state index in [1.165, 1.54) is 257 Å². The molecule has 0 rings (SSSR count). The van der Waals surface area contributed by atoms with E-state index in [1.54, 1.807) is 0 Å². The largest absolute Gasteiger partial charge is 0.472 e. The second-order valence-corrected chi connectivity index (χ2v) is 32.5. The predicted octanol–water partition coefficient (Wildman–Crippen LogP) is 24.4. The molecule has 2 unspecified atom stereocenters. The second-order valence-electron chi connectivity index (χ2n) is 29.6. The van der Waals surface area contributed by atoms with Crippen molar-refractivity contribution in [3.63, 3.8) is 0 Å². The summed E-state index contributed by atoms with van der Waals surface area (Å²) in [7, 11) is -9.92. The van der Waals surface area contributed by atoms with Crippen molar-refractivity contribution in [2.24, 2.45) is 5.92 Å². The van der Waals surface area contributed by atoms with E-state index < -0.39 is 97.5 Å². The number of rotatable bonds is 81. The molecule has 3 N–H and O–H groups in total. The van der Waals surface area contributed by atoms with Crippen LogP contribution in [0.3, 0.4) is 0 Å². The third kappa shape index (κ3) is 74.3. The van der Waals surface area contributed by atoms with Crippen LogP contribution >= 0.6 is 15.6 Å². The first-order valence-electron chi connectivity index (χ1n) is 42.1. The maximum atomic E-state index is 13.1. The van der Waals surface area contributed by atoms with Crippen LogP contribution < -0.4 is 0 Å². The maximum Gasteiger partial charge on any atom is 0.472 e. The Morgan fingerprint density at radius 3 is 0.680 bits per heavy atom. The second kappa shape index (κ2) is 73.9. The molecule has 0 aliphatic heterocycles. The van der Waals surface area contributed by atoms with Crippen molar-refractivity contribution in [1.29, 1.82) is 0 Å². The first-order chi connectivity index (χ1) is 48.5. The van der Waals surface area contributed by atoms with E-state index in [9.17, 15) is 43.2 Å². The smallest absolute Gasteiger partial charge is 0.462 e. The van der Waals surface area contributed by atoms with Crippen molar-refractivity contribution in [2.75, 3.05) is 39.6 Å². The first kappa shape index (κ1) is 98.1. The number of phosphoric acid groups is 2. The molecule has 0 saturated heterocycles. The summed E-state index contributed by atoms with van der Waals surface area (Å²) in [6, 6.07) is 0. The minimum atomic E-state index is -4.96. The standard InChI is InChI=1S/C81H158O17P2/c1-6-9-12-15-18-21-24-27-29-30-31-32-33-35-37-40-46-51-56-61-66-80(85)97-76(70-92-79(84)65-60-55-50-45-39-36-34-28-25-22-19-16-13-10-7-2)72-95-99(87,88)93-68-75(82)69-94-100(89,90)96-73-77(71-91-78(83)64-59-54-49-44-38-26-23-20-17-14-11-8-3)98-81(86)67-62-57-52-47-42-41-43-48-53-58-63-74(4)5/h74-77,82H,6-73H2,1-5H3,(H,87,88)(H,89,90)/t75-,76-,77-/m1/s1. The molecule has 0 saturated carbocycles. The average molecular weight is 1470 g/mol. The number of ether oxygens (including phenoxy) is 4. The minimum absolute atomic E-state index is 0.107. The third-order valence-corrected chi connectivity index (χ3v) is 20.9. The summed E-state index contributed by atoms with van der Waals surface area (Å²) in [5, 5.41) is 10.6. The summed E-state index contributed by atoms with van der Waals surface area (Å²) in [4.78, 5) is 73.0. The van der Waals surface area contributed by atoms with E-state index >= 15 is 0 Å². The Morgan fingerprint density at radius 2 is 0.460 bits per heavy atom. The van der Waals surface area contributed by atoms with Gasteiger partial charge in [0, 0.05) is 25.7 Å². The Balaban J connectivity index is 5.24. The molecule has 0 aromatic heterocycles. The summed E-state index contributed by atoms with van der Waals surface area (Å²) >= 11 is 0. The van der Waals surface area contributed by atoms with Gasteiger partial charge in [0.05, 0.1) is 26.4 Å². The molecule has 0 amide bonds. The Kier molecular flexibility index (Phi) is 72.5. The van der Waals surface area contributed by atoms with E-state index in [4.69, 9.17) is 37.0 Å². The molecule has 0 aliphatic carbocycles. The number of hydrogen-bond donors (Lipinski definition) is 3. The van der Waals surface area contributed by atoms with Gasteiger partial charge in [-0.3, -0.25) is 37.3 Å². The molecule has 0 heterocycles. The number of aliphatic hydroxyl groups excluding tert-OH is 1. The number of esters is 4. The van der Waals surface area contributed by atoms with E-state index in [2.05, 4.69) is 34.6 Å². The lowest BCUT2D eigenvalue weighted by molar-refractivity contribution is -0.161. The molecule has 5 atom stereocenters. The van der Waals surface area contributed by atoms with Crippen LogP contribution in [0.2, 0.25) is 0 Å². The lowest BCUT2D eigenvalue weighted by Crippen LogP contribution is -2.30. The number of phosphoric ester groups is 2. The van der Waals surface area contributed by atoms with E-state index in [1.807, 2.05) is 0 Å². The average Bonchev–Trinajstić information content (AvgIpc) is 0.981. The highest BCUT2D eigenvalue weighted by atomic mass is 31.2. The highest BCUT2D eigenvalue weighted by molar-refractivity contribution is 7.47. The van der Waals surface area contributed by atoms with Crippen molar-refractivity contribution < 1.29 is 80.2 Å². The van der Waals surface area contributed by atoms with Crippen LogP contribution in [0.1, 0.15) is 433 Å². The lowest BCUT2D eigenvalue weighted by atomic mass is 10.0. The lowest BCUT2D eigenvalue weighted by Gasteiger charge is -2.21. The molecule has 0 aliphatic rings. The Morgan fingerprint density at radius 1 is 0.270 bits per heavy atom. The van der Waals surface area contributed by atoms with Gasteiger partial charge >= 0.3 is 39.5 Å². The molecule has 594 valence electrons. The zero-order chi connectivity index (χ0) is 73.4. The van der Waals surface area contributed by atoms with Crippen molar-refractivity contribution in [2.45, 2.75) is 451 Å². The fourth-order valence-electron chi connectivity index (χ4n) is 12.6. The van der Waals surface area contributed by atoms with Gasteiger partial charge in [-0.25, -0.2) is 9.13 Å². The van der Waals surface area contributed by atoms with Crippen molar-refractivity contribution >= 4 is 39.5 Å². The Hall–Kier alpha value is -1.94. The number of unbranched alkanes of at least 4 members (excludes halogenated alkanes) is 53. The van der Waals surface area contributed by atoms with Gasteiger partial charge in [0.1, 0.15) is 19.3 Å². The Bertz CT molecular complexity index is 1910. The molecule has 0 spiro atoms. The van der Waals surface area contributed by atoms with Crippen LogP contribution in [0.5, 0.6) is 0 Å². The minimum Gasteiger partial charge on any atom is -0.462 e. The van der Waals surface area contributed by atoms with E-state index in [-0.39, 0.29) is 25.7 Å². The van der Waals surface area contributed by atoms with Gasteiger partial charge in [0.15, 0.2) is 12.2 Å². The van der Waals surface area contributed by atoms with Crippen LogP contribution in [0.25, 0.3) is 0 Å². The van der Waals surface area contributed by atoms with Gasteiger partial charge in [-0.05, 0) is 31.6 Å². The van der Waals surface area contributed by atoms with Crippen LogP contribution in [-0.2, 0) is 65.4 Å².